The molecule has 0 saturated heterocycles. The van der Waals surface area contributed by atoms with E-state index in [1.165, 1.54) is 0 Å². The zero-order valence-electron chi connectivity index (χ0n) is 16.6. The molecule has 1 aliphatic heterocycles. The minimum atomic E-state index is -0.725. The normalized spacial score (nSPS) is 17.9. The summed E-state index contributed by atoms with van der Waals surface area (Å²) in [7, 11) is 3.17. The quantitative estimate of drug-likeness (QED) is 0.651. The number of allylic oxidation sites excluding steroid dienone is 4. The highest BCUT2D eigenvalue weighted by atomic mass is 16.7. The molecule has 1 amide bonds. The average molecular weight is 386 g/mol. The number of rotatable bonds is 6. The summed E-state index contributed by atoms with van der Waals surface area (Å²) in [5.74, 6) is 1.25. The molecule has 0 bridgehead atoms. The number of nitrogens with one attached hydrogen (secondary N) is 2. The molecular formula is C21H26N2O5. The highest BCUT2D eigenvalue weighted by Gasteiger charge is 2.34. The lowest BCUT2D eigenvalue weighted by molar-refractivity contribution is -0.119. The molecule has 3 N–H and O–H groups in total. The third-order valence-electron chi connectivity index (χ3n) is 4.79. The second-order valence-electron chi connectivity index (χ2n) is 7.12. The molecule has 3 rings (SSSR count). The third-order valence-corrected chi connectivity index (χ3v) is 4.79. The van der Waals surface area contributed by atoms with E-state index in [1.54, 1.807) is 14.2 Å². The predicted molar refractivity (Wildman–Crippen MR) is 107 cm³/mol. The van der Waals surface area contributed by atoms with E-state index in [-0.39, 0.29) is 19.3 Å². The van der Waals surface area contributed by atoms with Gasteiger partial charge in [0.2, 0.25) is 5.91 Å². The average Bonchev–Trinajstić information content (AvgIpc) is 2.88. The minimum Gasteiger partial charge on any atom is -0.496 e. The van der Waals surface area contributed by atoms with Gasteiger partial charge < -0.3 is 30.0 Å². The summed E-state index contributed by atoms with van der Waals surface area (Å²) in [6.45, 7) is 3.55. The largest absolute Gasteiger partial charge is 0.496 e. The Kier molecular flexibility index (Phi) is 5.76. The van der Waals surface area contributed by atoms with Crippen molar-refractivity contribution >= 4 is 22.9 Å². The lowest BCUT2D eigenvalue weighted by Crippen LogP contribution is -2.47. The molecule has 1 aliphatic carbocycles. The molecule has 1 aromatic carbocycles. The third kappa shape index (κ3) is 3.76. The zero-order valence-corrected chi connectivity index (χ0v) is 16.6. The SMILES string of the molecule is COCOC1=CC=C(c2ccc3c(c2CO)NC(=O)C(C)(C)N3)C(OC)=CC1. The van der Waals surface area contributed by atoms with E-state index in [2.05, 4.69) is 10.6 Å². The standard InChI is InChI=1S/C21H26N2O5/c1-21(2)20(25)22-19-16(11-24)14(8-9-17(19)23-21)15-7-5-13(28-12-26-3)6-10-18(15)27-4/h5,7-10,23-24H,6,11-12H2,1-4H3,(H,22,25). The Morgan fingerprint density at radius 1 is 1.21 bits per heavy atom. The summed E-state index contributed by atoms with van der Waals surface area (Å²) in [5, 5.41) is 16.2. The highest BCUT2D eigenvalue weighted by molar-refractivity contribution is 6.07. The second-order valence-corrected chi connectivity index (χ2v) is 7.12. The molecule has 0 fully saturated rings. The van der Waals surface area contributed by atoms with Crippen molar-refractivity contribution in [1.29, 1.82) is 0 Å². The summed E-state index contributed by atoms with van der Waals surface area (Å²) < 4.78 is 16.1. The van der Waals surface area contributed by atoms with Gasteiger partial charge in [0.25, 0.3) is 0 Å². The van der Waals surface area contributed by atoms with Crippen LogP contribution >= 0.6 is 0 Å². The molecule has 1 aromatic rings. The zero-order chi connectivity index (χ0) is 20.3. The lowest BCUT2D eigenvalue weighted by atomic mass is 9.92. The van der Waals surface area contributed by atoms with Gasteiger partial charge >= 0.3 is 0 Å². The van der Waals surface area contributed by atoms with Crippen LogP contribution in [0.1, 0.15) is 31.4 Å². The molecule has 28 heavy (non-hydrogen) atoms. The highest BCUT2D eigenvalue weighted by Crippen LogP contribution is 2.40. The van der Waals surface area contributed by atoms with Crippen LogP contribution in [0.25, 0.3) is 5.57 Å². The Labute approximate surface area is 164 Å². The molecular weight excluding hydrogens is 360 g/mol. The van der Waals surface area contributed by atoms with E-state index in [0.29, 0.717) is 23.4 Å². The van der Waals surface area contributed by atoms with Crippen LogP contribution in [0.3, 0.4) is 0 Å². The molecule has 1 heterocycles. The van der Waals surface area contributed by atoms with Crippen molar-refractivity contribution in [2.45, 2.75) is 32.4 Å². The van der Waals surface area contributed by atoms with E-state index in [1.807, 2.05) is 44.2 Å². The first kappa shape index (κ1) is 20.0. The van der Waals surface area contributed by atoms with Crippen molar-refractivity contribution in [3.05, 3.63) is 53.0 Å². The maximum absolute atomic E-state index is 12.4. The van der Waals surface area contributed by atoms with Crippen molar-refractivity contribution in [2.24, 2.45) is 0 Å². The summed E-state index contributed by atoms with van der Waals surface area (Å²) in [6, 6.07) is 3.81. The molecule has 7 nitrogen and oxygen atoms in total. The van der Waals surface area contributed by atoms with Gasteiger partial charge in [-0.2, -0.15) is 0 Å². The van der Waals surface area contributed by atoms with Gasteiger partial charge in [-0.3, -0.25) is 4.79 Å². The topological polar surface area (TPSA) is 89.0 Å². The Hall–Kier alpha value is -2.77. The van der Waals surface area contributed by atoms with Crippen LogP contribution in [0, 0.1) is 0 Å². The second kappa shape index (κ2) is 8.08. The van der Waals surface area contributed by atoms with E-state index in [9.17, 15) is 9.90 Å². The van der Waals surface area contributed by atoms with E-state index < -0.39 is 5.54 Å². The van der Waals surface area contributed by atoms with Gasteiger partial charge in [0.1, 0.15) is 17.1 Å². The minimum absolute atomic E-state index is 0.153. The van der Waals surface area contributed by atoms with Crippen molar-refractivity contribution in [1.82, 2.24) is 0 Å². The van der Waals surface area contributed by atoms with Crippen molar-refractivity contribution in [2.75, 3.05) is 31.6 Å². The van der Waals surface area contributed by atoms with Crippen molar-refractivity contribution in [3.63, 3.8) is 0 Å². The molecule has 0 spiro atoms. The monoisotopic (exact) mass is 386 g/mol. The summed E-state index contributed by atoms with van der Waals surface area (Å²) in [4.78, 5) is 12.4. The first-order valence-electron chi connectivity index (χ1n) is 9.05. The Bertz CT molecular complexity index is 868. The molecule has 0 unspecified atom stereocenters. The maximum atomic E-state index is 12.4. The molecule has 2 aliphatic rings. The van der Waals surface area contributed by atoms with Crippen molar-refractivity contribution in [3.8, 4) is 0 Å². The molecule has 150 valence electrons. The number of fused-ring (bicyclic) bond motifs is 1. The number of hydrogen-bond acceptors (Lipinski definition) is 6. The molecule has 0 atom stereocenters. The molecule has 0 saturated carbocycles. The first-order valence-corrected chi connectivity index (χ1v) is 9.05. The fourth-order valence-corrected chi connectivity index (χ4v) is 3.26. The fraction of sp³-hybridized carbons (Fsp3) is 0.381. The smallest absolute Gasteiger partial charge is 0.249 e. The number of methoxy groups -OCH3 is 2. The number of hydrogen-bond donors (Lipinski definition) is 3. The van der Waals surface area contributed by atoms with Crippen LogP contribution in [-0.4, -0.2) is 37.6 Å². The fourth-order valence-electron chi connectivity index (χ4n) is 3.26. The van der Waals surface area contributed by atoms with E-state index >= 15 is 0 Å². The van der Waals surface area contributed by atoms with Gasteiger partial charge in [0.15, 0.2) is 6.79 Å². The van der Waals surface area contributed by atoms with Gasteiger partial charge in [-0.25, -0.2) is 0 Å². The number of anilines is 2. The number of aliphatic hydroxyl groups excluding tert-OH is 1. The Morgan fingerprint density at radius 3 is 2.68 bits per heavy atom. The number of carbonyl (C=O) groups excluding carboxylic acids is 1. The van der Waals surface area contributed by atoms with Crippen LogP contribution in [0.2, 0.25) is 0 Å². The van der Waals surface area contributed by atoms with Crippen LogP contribution in [0.15, 0.2) is 41.9 Å². The Balaban J connectivity index is 2.07. The van der Waals surface area contributed by atoms with E-state index in [4.69, 9.17) is 14.2 Å². The van der Waals surface area contributed by atoms with Crippen LogP contribution in [-0.2, 0) is 25.6 Å². The van der Waals surface area contributed by atoms with Gasteiger partial charge in [-0.15, -0.1) is 0 Å². The maximum Gasteiger partial charge on any atom is 0.249 e. The summed E-state index contributed by atoms with van der Waals surface area (Å²) >= 11 is 0. The number of carbonyl (C=O) groups is 1. The number of benzene rings is 1. The van der Waals surface area contributed by atoms with Crippen LogP contribution < -0.4 is 10.6 Å². The number of aliphatic hydroxyl groups is 1. The first-order chi connectivity index (χ1) is 13.4. The number of ether oxygens (including phenoxy) is 3. The van der Waals surface area contributed by atoms with E-state index in [0.717, 1.165) is 22.6 Å². The molecule has 0 aromatic heterocycles. The van der Waals surface area contributed by atoms with Crippen LogP contribution in [0.4, 0.5) is 11.4 Å². The van der Waals surface area contributed by atoms with Gasteiger partial charge in [0.05, 0.1) is 25.1 Å². The van der Waals surface area contributed by atoms with Gasteiger partial charge in [-0.05, 0) is 43.7 Å². The molecule has 0 radical (unpaired) electrons. The lowest BCUT2D eigenvalue weighted by Gasteiger charge is -2.34. The van der Waals surface area contributed by atoms with Gasteiger partial charge in [-0.1, -0.05) is 6.07 Å². The number of amides is 1. The predicted octanol–water partition coefficient (Wildman–Crippen LogP) is 3.14. The molecule has 7 heteroatoms. The Morgan fingerprint density at radius 2 is 2.00 bits per heavy atom. The van der Waals surface area contributed by atoms with Crippen LogP contribution in [0.5, 0.6) is 0 Å². The summed E-state index contributed by atoms with van der Waals surface area (Å²) in [6.07, 6.45) is 6.22. The van der Waals surface area contributed by atoms with Gasteiger partial charge in [0, 0.05) is 24.7 Å². The van der Waals surface area contributed by atoms with Crippen molar-refractivity contribution < 1.29 is 24.1 Å². The summed E-state index contributed by atoms with van der Waals surface area (Å²) in [5.41, 5.74) is 2.83.